The molecule has 11 nitrogen and oxygen atoms in total. The van der Waals surface area contributed by atoms with Gasteiger partial charge in [0.1, 0.15) is 0 Å². The van der Waals surface area contributed by atoms with Crippen molar-refractivity contribution in [3.05, 3.63) is 90.6 Å². The molecule has 1 aliphatic rings. The largest absolute Gasteiger partial charge is 0.493 e. The predicted molar refractivity (Wildman–Crippen MR) is 138 cm³/mol. The van der Waals surface area contributed by atoms with Crippen LogP contribution in [0.2, 0.25) is 0 Å². The monoisotopic (exact) mass is 526 g/mol. The van der Waals surface area contributed by atoms with Crippen molar-refractivity contribution in [1.29, 1.82) is 0 Å². The molecule has 0 aliphatic carbocycles. The predicted octanol–water partition coefficient (Wildman–Crippen LogP) is 5.26. The van der Waals surface area contributed by atoms with Crippen LogP contribution in [0.5, 0.6) is 17.2 Å². The van der Waals surface area contributed by atoms with Crippen LogP contribution in [-0.4, -0.2) is 31.9 Å². The number of ether oxygens (including phenoxy) is 2. The summed E-state index contributed by atoms with van der Waals surface area (Å²) in [6.45, 7) is 3.77. The standard InChI is InChI=1S/C23H18N4O7S2/c1-13-4-5-14(2)24(13)25-22(28)21(36-23(25)35)11-15-6-8-19(20(10-15)33-3)34-18-9-7-16(26(29)30)12-17(18)27(31)32/h4-12H,1-3H3/b21-11+. The summed E-state index contributed by atoms with van der Waals surface area (Å²) in [5.41, 5.74) is 1.36. The number of methoxy groups -OCH3 is 1. The first-order valence-electron chi connectivity index (χ1n) is 10.3. The minimum absolute atomic E-state index is 0.151. The Hall–Kier alpha value is -4.23. The third-order valence-electron chi connectivity index (χ3n) is 5.26. The lowest BCUT2D eigenvalue weighted by Gasteiger charge is -2.20. The maximum absolute atomic E-state index is 13.1. The van der Waals surface area contributed by atoms with Crippen molar-refractivity contribution in [1.82, 2.24) is 4.68 Å². The van der Waals surface area contributed by atoms with Gasteiger partial charge in [-0.05, 0) is 68.0 Å². The molecule has 0 N–H and O–H groups in total. The number of hydrogen-bond donors (Lipinski definition) is 0. The third-order valence-corrected chi connectivity index (χ3v) is 6.55. The summed E-state index contributed by atoms with van der Waals surface area (Å²) in [5, 5.41) is 23.8. The van der Waals surface area contributed by atoms with Crippen LogP contribution in [0.25, 0.3) is 6.08 Å². The summed E-state index contributed by atoms with van der Waals surface area (Å²) < 4.78 is 13.2. The molecule has 1 aliphatic heterocycles. The van der Waals surface area contributed by atoms with Crippen molar-refractivity contribution in [2.24, 2.45) is 0 Å². The molecule has 1 amide bonds. The summed E-state index contributed by atoms with van der Waals surface area (Å²) in [6.07, 6.45) is 1.66. The van der Waals surface area contributed by atoms with E-state index in [1.165, 1.54) is 29.9 Å². The SMILES string of the molecule is COc1cc(/C=C2/SC(=S)N(n3c(C)ccc3C)C2=O)ccc1Oc1ccc([N+](=O)[O-])cc1[N+](=O)[O-]. The Morgan fingerprint density at radius 3 is 2.22 bits per heavy atom. The van der Waals surface area contributed by atoms with Crippen LogP contribution in [0.15, 0.2) is 53.4 Å². The number of benzene rings is 2. The van der Waals surface area contributed by atoms with E-state index in [9.17, 15) is 25.0 Å². The molecular weight excluding hydrogens is 508 g/mol. The highest BCUT2D eigenvalue weighted by molar-refractivity contribution is 8.27. The van der Waals surface area contributed by atoms with Gasteiger partial charge in [0.2, 0.25) is 5.75 Å². The van der Waals surface area contributed by atoms with E-state index in [0.717, 1.165) is 29.6 Å². The molecule has 184 valence electrons. The van der Waals surface area contributed by atoms with Gasteiger partial charge in [-0.25, -0.2) is 0 Å². The minimum Gasteiger partial charge on any atom is -0.493 e. The number of nitro groups is 2. The normalized spacial score (nSPS) is 14.4. The number of carbonyl (C=O) groups is 1. The maximum Gasteiger partial charge on any atom is 0.318 e. The highest BCUT2D eigenvalue weighted by Gasteiger charge is 2.34. The molecule has 2 heterocycles. The van der Waals surface area contributed by atoms with Gasteiger partial charge in [0.15, 0.2) is 15.8 Å². The number of aromatic nitrogens is 1. The first kappa shape index (κ1) is 24.9. The van der Waals surface area contributed by atoms with Gasteiger partial charge < -0.3 is 9.47 Å². The molecule has 1 aromatic heterocycles. The fourth-order valence-corrected chi connectivity index (χ4v) is 4.83. The van der Waals surface area contributed by atoms with E-state index in [1.807, 2.05) is 26.0 Å². The molecule has 0 atom stereocenters. The van der Waals surface area contributed by atoms with Crippen molar-refractivity contribution in [2.45, 2.75) is 13.8 Å². The Bertz CT molecular complexity index is 1450. The van der Waals surface area contributed by atoms with Gasteiger partial charge in [0, 0.05) is 17.5 Å². The maximum atomic E-state index is 13.1. The van der Waals surface area contributed by atoms with E-state index < -0.39 is 21.2 Å². The molecule has 4 rings (SSSR count). The van der Waals surface area contributed by atoms with Gasteiger partial charge in [-0.1, -0.05) is 17.8 Å². The molecule has 13 heteroatoms. The van der Waals surface area contributed by atoms with Crippen LogP contribution >= 0.6 is 24.0 Å². The van der Waals surface area contributed by atoms with Gasteiger partial charge in [0.05, 0.1) is 27.9 Å². The highest BCUT2D eigenvalue weighted by atomic mass is 32.2. The number of non-ortho nitro benzene ring substituents is 1. The highest BCUT2D eigenvalue weighted by Crippen LogP contribution is 2.39. The van der Waals surface area contributed by atoms with Crippen molar-refractivity contribution >= 4 is 51.7 Å². The van der Waals surface area contributed by atoms with Crippen LogP contribution < -0.4 is 14.5 Å². The van der Waals surface area contributed by atoms with E-state index in [2.05, 4.69) is 0 Å². The average molecular weight is 527 g/mol. The number of aryl methyl sites for hydroxylation is 2. The topological polar surface area (TPSA) is 130 Å². The summed E-state index contributed by atoms with van der Waals surface area (Å²) in [5.74, 6) is -0.0649. The number of nitrogens with zero attached hydrogens (tertiary/aromatic N) is 4. The van der Waals surface area contributed by atoms with E-state index >= 15 is 0 Å². The van der Waals surface area contributed by atoms with Crippen molar-refractivity contribution in [3.8, 4) is 17.2 Å². The molecule has 0 spiro atoms. The van der Waals surface area contributed by atoms with Gasteiger partial charge in [-0.15, -0.1) is 0 Å². The number of hydrogen-bond acceptors (Lipinski definition) is 9. The van der Waals surface area contributed by atoms with Crippen LogP contribution in [0, 0.1) is 34.1 Å². The Labute approximate surface area is 214 Å². The summed E-state index contributed by atoms with van der Waals surface area (Å²) >= 11 is 6.61. The zero-order chi connectivity index (χ0) is 26.1. The second kappa shape index (κ2) is 9.79. The van der Waals surface area contributed by atoms with Gasteiger partial charge in [-0.2, -0.15) is 5.01 Å². The number of amides is 1. The molecule has 0 saturated carbocycles. The number of thiocarbonyl (C=S) groups is 1. The lowest BCUT2D eigenvalue weighted by molar-refractivity contribution is -0.394. The van der Waals surface area contributed by atoms with Crippen molar-refractivity contribution < 1.29 is 24.1 Å². The second-order valence-corrected chi connectivity index (χ2v) is 9.28. The van der Waals surface area contributed by atoms with Gasteiger partial charge >= 0.3 is 5.69 Å². The van der Waals surface area contributed by atoms with Crippen LogP contribution in [-0.2, 0) is 4.79 Å². The minimum atomic E-state index is -0.765. The Morgan fingerprint density at radius 2 is 1.61 bits per heavy atom. The van der Waals surface area contributed by atoms with Crippen molar-refractivity contribution in [3.63, 3.8) is 0 Å². The number of rotatable bonds is 7. The zero-order valence-electron chi connectivity index (χ0n) is 19.2. The molecule has 36 heavy (non-hydrogen) atoms. The molecule has 1 fully saturated rings. The fraction of sp³-hybridized carbons (Fsp3) is 0.130. The summed E-state index contributed by atoms with van der Waals surface area (Å²) in [6, 6.07) is 11.7. The average Bonchev–Trinajstić information content (AvgIpc) is 3.30. The lowest BCUT2D eigenvalue weighted by atomic mass is 10.2. The Balaban J connectivity index is 1.63. The lowest BCUT2D eigenvalue weighted by Crippen LogP contribution is -2.39. The van der Waals surface area contributed by atoms with Crippen LogP contribution in [0.3, 0.4) is 0 Å². The first-order chi connectivity index (χ1) is 17.1. The van der Waals surface area contributed by atoms with Crippen LogP contribution in [0.1, 0.15) is 17.0 Å². The number of nitro benzene ring substituents is 2. The van der Waals surface area contributed by atoms with E-state index in [1.54, 1.807) is 22.9 Å². The van der Waals surface area contributed by atoms with E-state index in [-0.39, 0.29) is 23.2 Å². The molecule has 0 unspecified atom stereocenters. The van der Waals surface area contributed by atoms with Gasteiger partial charge in [0.25, 0.3) is 11.6 Å². The molecule has 1 saturated heterocycles. The Morgan fingerprint density at radius 1 is 0.944 bits per heavy atom. The quantitative estimate of drug-likeness (QED) is 0.175. The zero-order valence-corrected chi connectivity index (χ0v) is 20.8. The molecule has 0 radical (unpaired) electrons. The van der Waals surface area contributed by atoms with Crippen LogP contribution in [0.4, 0.5) is 11.4 Å². The van der Waals surface area contributed by atoms with E-state index in [4.69, 9.17) is 21.7 Å². The molecular formula is C23H18N4O7S2. The van der Waals surface area contributed by atoms with Crippen molar-refractivity contribution in [2.75, 3.05) is 12.1 Å². The molecule has 2 aromatic carbocycles. The Kier molecular flexibility index (Phi) is 6.77. The molecule has 0 bridgehead atoms. The number of thioether (sulfide) groups is 1. The fourth-order valence-electron chi connectivity index (χ4n) is 3.58. The smallest absolute Gasteiger partial charge is 0.318 e. The first-order valence-corrected chi connectivity index (χ1v) is 11.5. The summed E-state index contributed by atoms with van der Waals surface area (Å²) in [4.78, 5) is 34.4. The third kappa shape index (κ3) is 4.65. The second-order valence-electron chi connectivity index (χ2n) is 7.60. The van der Waals surface area contributed by atoms with E-state index in [0.29, 0.717) is 14.8 Å². The van der Waals surface area contributed by atoms with Gasteiger partial charge in [-0.3, -0.25) is 29.7 Å². The molecule has 3 aromatic rings. The summed E-state index contributed by atoms with van der Waals surface area (Å²) in [7, 11) is 1.40. The number of carbonyl (C=O) groups excluding carboxylic acids is 1.